The topological polar surface area (TPSA) is 78.9 Å². The number of hydrogen-bond acceptors (Lipinski definition) is 6. The van der Waals surface area contributed by atoms with Gasteiger partial charge >= 0.3 is 17.9 Å². The lowest BCUT2D eigenvalue weighted by molar-refractivity contribution is -0.167. The summed E-state index contributed by atoms with van der Waals surface area (Å²) in [5.74, 6) is -0.880. The number of ether oxygens (including phenoxy) is 3. The number of allylic oxidation sites excluding steroid dienone is 18. The van der Waals surface area contributed by atoms with Crippen molar-refractivity contribution in [2.75, 3.05) is 13.2 Å². The molecule has 0 amide bonds. The summed E-state index contributed by atoms with van der Waals surface area (Å²) in [5, 5.41) is 0. The average Bonchev–Trinajstić information content (AvgIpc) is 3.48. The molecule has 83 heavy (non-hydrogen) atoms. The van der Waals surface area contributed by atoms with Crippen LogP contribution in [0.2, 0.25) is 0 Å². The van der Waals surface area contributed by atoms with Crippen LogP contribution in [0.3, 0.4) is 0 Å². The van der Waals surface area contributed by atoms with E-state index in [1.807, 2.05) is 0 Å². The highest BCUT2D eigenvalue weighted by Gasteiger charge is 2.19. The second-order valence-corrected chi connectivity index (χ2v) is 23.4. The van der Waals surface area contributed by atoms with E-state index in [9.17, 15) is 14.4 Å². The van der Waals surface area contributed by atoms with Crippen LogP contribution in [0.4, 0.5) is 0 Å². The van der Waals surface area contributed by atoms with E-state index < -0.39 is 6.10 Å². The summed E-state index contributed by atoms with van der Waals surface area (Å²) in [5.41, 5.74) is 0. The van der Waals surface area contributed by atoms with Crippen LogP contribution in [0.5, 0.6) is 0 Å². The van der Waals surface area contributed by atoms with Gasteiger partial charge in [-0.05, 0) is 116 Å². The van der Waals surface area contributed by atoms with Crippen LogP contribution in [-0.4, -0.2) is 37.2 Å². The summed E-state index contributed by atoms with van der Waals surface area (Å²) in [6, 6.07) is 0. The highest BCUT2D eigenvalue weighted by molar-refractivity contribution is 5.71. The van der Waals surface area contributed by atoms with E-state index in [4.69, 9.17) is 14.2 Å². The van der Waals surface area contributed by atoms with Gasteiger partial charge in [0.1, 0.15) is 13.2 Å². The first-order valence-corrected chi connectivity index (χ1v) is 35.4. The summed E-state index contributed by atoms with van der Waals surface area (Å²) >= 11 is 0. The maximum Gasteiger partial charge on any atom is 0.306 e. The maximum atomic E-state index is 12.9. The van der Waals surface area contributed by atoms with E-state index >= 15 is 0 Å². The molecule has 0 bridgehead atoms. The Hall–Kier alpha value is -3.93. The quantitative estimate of drug-likeness (QED) is 0.0261. The fraction of sp³-hybridized carbons (Fsp3) is 0.727. The number of unbranched alkanes of at least 4 members (excludes halogenated alkanes) is 35. The fourth-order valence-corrected chi connectivity index (χ4v) is 10.00. The molecule has 0 N–H and O–H groups in total. The summed E-state index contributed by atoms with van der Waals surface area (Å²) in [6.45, 7) is 6.40. The molecule has 0 aliphatic rings. The highest BCUT2D eigenvalue weighted by atomic mass is 16.6. The van der Waals surface area contributed by atoms with E-state index in [1.54, 1.807) is 0 Å². The third kappa shape index (κ3) is 68.7. The third-order valence-electron chi connectivity index (χ3n) is 15.2. The number of esters is 3. The minimum Gasteiger partial charge on any atom is -0.462 e. The molecular weight excluding hydrogens is 1020 g/mol. The predicted molar refractivity (Wildman–Crippen MR) is 362 cm³/mol. The first-order valence-electron chi connectivity index (χ1n) is 35.4. The van der Waals surface area contributed by atoms with E-state index in [-0.39, 0.29) is 31.1 Å². The zero-order chi connectivity index (χ0) is 59.9. The van der Waals surface area contributed by atoms with Crippen LogP contribution in [0.15, 0.2) is 109 Å². The number of hydrogen-bond donors (Lipinski definition) is 0. The first kappa shape index (κ1) is 79.1. The van der Waals surface area contributed by atoms with Crippen molar-refractivity contribution in [3.63, 3.8) is 0 Å². The van der Waals surface area contributed by atoms with Crippen LogP contribution in [0, 0.1) is 0 Å². The van der Waals surface area contributed by atoms with Crippen molar-refractivity contribution in [2.45, 2.75) is 348 Å². The lowest BCUT2D eigenvalue weighted by Gasteiger charge is -2.18. The molecule has 1 unspecified atom stereocenters. The summed E-state index contributed by atoms with van der Waals surface area (Å²) in [7, 11) is 0. The number of carbonyl (C=O) groups is 3. The standard InChI is InChI=1S/C77H132O6/c1-4-7-10-13-16-19-22-24-26-28-30-32-34-35-36-37-38-39-40-41-43-44-46-48-50-52-55-58-61-64-67-70-76(79)82-73-74(72-81-75(78)69-66-63-60-57-54-21-18-15-12-9-6-3)83-77(80)71-68-65-62-59-56-53-51-49-47-45-42-33-31-29-27-25-23-20-17-14-11-8-5-2/h7-8,10-11,15-20,24-27,30-33,74H,4-6,9,12-14,21-23,28-29,34-73H2,1-3H3/b10-7-,11-8-,18-15-,19-16-,20-17-,26-24-,27-25-,32-30-,33-31-. The van der Waals surface area contributed by atoms with Crippen molar-refractivity contribution >= 4 is 17.9 Å². The highest BCUT2D eigenvalue weighted by Crippen LogP contribution is 2.17. The fourth-order valence-electron chi connectivity index (χ4n) is 10.00. The molecule has 1 atom stereocenters. The van der Waals surface area contributed by atoms with Crippen molar-refractivity contribution in [3.05, 3.63) is 109 Å². The molecule has 0 aromatic heterocycles. The third-order valence-corrected chi connectivity index (χ3v) is 15.2. The first-order chi connectivity index (χ1) is 41.0. The lowest BCUT2D eigenvalue weighted by Crippen LogP contribution is -2.30. The van der Waals surface area contributed by atoms with Gasteiger partial charge in [0.15, 0.2) is 6.10 Å². The Bertz CT molecular complexity index is 1660. The predicted octanol–water partition coefficient (Wildman–Crippen LogP) is 24.6. The second kappa shape index (κ2) is 70.6. The molecule has 0 rings (SSSR count). The van der Waals surface area contributed by atoms with Gasteiger partial charge in [-0.2, -0.15) is 0 Å². The van der Waals surface area contributed by atoms with E-state index in [0.717, 1.165) is 116 Å². The van der Waals surface area contributed by atoms with Crippen LogP contribution in [0.25, 0.3) is 0 Å². The van der Waals surface area contributed by atoms with Crippen LogP contribution < -0.4 is 0 Å². The van der Waals surface area contributed by atoms with Gasteiger partial charge in [-0.25, -0.2) is 0 Å². The van der Waals surface area contributed by atoms with Crippen molar-refractivity contribution in [1.82, 2.24) is 0 Å². The van der Waals surface area contributed by atoms with Crippen LogP contribution in [-0.2, 0) is 28.6 Å². The van der Waals surface area contributed by atoms with Gasteiger partial charge in [-0.3, -0.25) is 14.4 Å². The summed E-state index contributed by atoms with van der Waals surface area (Å²) in [4.78, 5) is 38.4. The molecule has 0 saturated heterocycles. The zero-order valence-electron chi connectivity index (χ0n) is 54.7. The van der Waals surface area contributed by atoms with Crippen molar-refractivity contribution < 1.29 is 28.6 Å². The minimum absolute atomic E-state index is 0.0796. The Labute approximate surface area is 514 Å². The molecule has 0 spiro atoms. The molecule has 0 heterocycles. The molecule has 0 aliphatic carbocycles. The Morgan fingerprint density at radius 2 is 0.470 bits per heavy atom. The lowest BCUT2D eigenvalue weighted by atomic mass is 10.0. The molecule has 0 aliphatic heterocycles. The SMILES string of the molecule is CC/C=C\C/C=C\C/C=C\C/C=C\CCCCCCCCCCCCCCCCCCCCC(=O)OCC(COC(=O)CCCCCCC/C=C\CCCC)OC(=O)CCCCCCCCCCCC/C=C\C/C=C\C/C=C\C/C=C\CC. The van der Waals surface area contributed by atoms with Gasteiger partial charge in [-0.15, -0.1) is 0 Å². The molecule has 476 valence electrons. The average molecular weight is 1150 g/mol. The normalized spacial score (nSPS) is 12.8. The number of carbonyl (C=O) groups excluding carboxylic acids is 3. The van der Waals surface area contributed by atoms with Crippen molar-refractivity contribution in [1.29, 1.82) is 0 Å². The van der Waals surface area contributed by atoms with Crippen molar-refractivity contribution in [2.24, 2.45) is 0 Å². The van der Waals surface area contributed by atoms with Crippen LogP contribution >= 0.6 is 0 Å². The van der Waals surface area contributed by atoms with E-state index in [2.05, 4.69) is 130 Å². The monoisotopic (exact) mass is 1150 g/mol. The Kier molecular flexibility index (Phi) is 67.2. The van der Waals surface area contributed by atoms with E-state index in [0.29, 0.717) is 19.3 Å². The Balaban J connectivity index is 4.18. The number of rotatable bonds is 64. The molecule has 0 saturated carbocycles. The molecule has 0 aromatic rings. The van der Waals surface area contributed by atoms with Crippen molar-refractivity contribution in [3.8, 4) is 0 Å². The molecule has 6 heteroatoms. The van der Waals surface area contributed by atoms with Gasteiger partial charge in [-0.1, -0.05) is 316 Å². The largest absolute Gasteiger partial charge is 0.462 e. The Morgan fingerprint density at radius 1 is 0.253 bits per heavy atom. The van der Waals surface area contributed by atoms with Gasteiger partial charge in [0.2, 0.25) is 0 Å². The Morgan fingerprint density at radius 3 is 0.747 bits per heavy atom. The molecule has 0 radical (unpaired) electrons. The zero-order valence-corrected chi connectivity index (χ0v) is 54.7. The van der Waals surface area contributed by atoms with Crippen LogP contribution in [0.1, 0.15) is 342 Å². The van der Waals surface area contributed by atoms with E-state index in [1.165, 1.54) is 186 Å². The van der Waals surface area contributed by atoms with Gasteiger partial charge < -0.3 is 14.2 Å². The molecule has 0 aromatic carbocycles. The second-order valence-electron chi connectivity index (χ2n) is 23.4. The summed E-state index contributed by atoms with van der Waals surface area (Å²) < 4.78 is 17.0. The minimum atomic E-state index is -0.784. The van der Waals surface area contributed by atoms with Gasteiger partial charge in [0.05, 0.1) is 0 Å². The molecule has 6 nitrogen and oxygen atoms in total. The molecule has 0 fully saturated rings. The smallest absolute Gasteiger partial charge is 0.306 e. The summed E-state index contributed by atoms with van der Waals surface area (Å²) in [6.07, 6.45) is 97.0. The maximum absolute atomic E-state index is 12.9. The molecular formula is C77H132O6. The van der Waals surface area contributed by atoms with Gasteiger partial charge in [0, 0.05) is 19.3 Å². The van der Waals surface area contributed by atoms with Gasteiger partial charge in [0.25, 0.3) is 0 Å².